The third-order valence-corrected chi connectivity index (χ3v) is 9.42. The fraction of sp³-hybridized carbons (Fsp3) is 0. The van der Waals surface area contributed by atoms with Crippen LogP contribution in [0.1, 0.15) is 0 Å². The molecule has 6 aromatic carbocycles. The lowest BCUT2D eigenvalue weighted by atomic mass is 10.0. The van der Waals surface area contributed by atoms with E-state index in [1.807, 2.05) is 48.5 Å². The van der Waals surface area contributed by atoms with Crippen LogP contribution in [-0.2, 0) is 0 Å². The number of thiophene rings is 1. The van der Waals surface area contributed by atoms with Crippen molar-refractivity contribution in [2.24, 2.45) is 0 Å². The molecular formula is C41H25N5S. The molecule has 3 heterocycles. The Morgan fingerprint density at radius 3 is 1.68 bits per heavy atom. The zero-order valence-electron chi connectivity index (χ0n) is 25.1. The number of hydrogen-bond donors (Lipinski definition) is 0. The molecule has 0 aliphatic heterocycles. The van der Waals surface area contributed by atoms with Crippen molar-refractivity contribution in [3.8, 4) is 56.4 Å². The number of aromatic nitrogens is 5. The number of benzene rings is 6. The van der Waals surface area contributed by atoms with E-state index in [-0.39, 0.29) is 0 Å². The van der Waals surface area contributed by atoms with E-state index in [2.05, 4.69) is 103 Å². The van der Waals surface area contributed by atoms with E-state index in [9.17, 15) is 0 Å². The van der Waals surface area contributed by atoms with E-state index in [4.69, 9.17) is 24.9 Å². The molecule has 0 fully saturated rings. The third-order valence-electron chi connectivity index (χ3n) is 8.36. The Hall–Kier alpha value is -6.11. The van der Waals surface area contributed by atoms with E-state index >= 15 is 0 Å². The highest BCUT2D eigenvalue weighted by Gasteiger charge is 2.16. The second-order valence-corrected chi connectivity index (χ2v) is 12.4. The van der Waals surface area contributed by atoms with E-state index in [0.29, 0.717) is 17.5 Å². The maximum Gasteiger partial charge on any atom is 0.164 e. The highest BCUT2D eigenvalue weighted by molar-refractivity contribution is 7.25. The summed E-state index contributed by atoms with van der Waals surface area (Å²) in [4.78, 5) is 26.1. The van der Waals surface area contributed by atoms with Gasteiger partial charge in [0.05, 0.1) is 11.0 Å². The SMILES string of the molecule is c1ccc(-c2ccc(-c3nc(-c4ccccc4)nc(-c4cccc(-c5cccc6nc7c(nc56)sc5ccccc57)c4)n3)cc2)cc1. The molecule has 0 unspecified atom stereocenters. The van der Waals surface area contributed by atoms with Gasteiger partial charge in [-0.2, -0.15) is 0 Å². The largest absolute Gasteiger partial charge is 0.243 e. The Balaban J connectivity index is 1.16. The van der Waals surface area contributed by atoms with Crippen LogP contribution in [-0.4, -0.2) is 24.9 Å². The number of rotatable bonds is 5. The predicted molar refractivity (Wildman–Crippen MR) is 193 cm³/mol. The summed E-state index contributed by atoms with van der Waals surface area (Å²) in [6, 6.07) is 51.7. The maximum absolute atomic E-state index is 5.14. The normalized spacial score (nSPS) is 11.4. The van der Waals surface area contributed by atoms with Gasteiger partial charge in [-0.05, 0) is 34.9 Å². The van der Waals surface area contributed by atoms with Crippen LogP contribution in [0, 0.1) is 0 Å². The first-order chi connectivity index (χ1) is 23.3. The Kier molecular flexibility index (Phi) is 6.58. The average Bonchev–Trinajstić information content (AvgIpc) is 3.52. The summed E-state index contributed by atoms with van der Waals surface area (Å²) in [5.74, 6) is 1.87. The van der Waals surface area contributed by atoms with Gasteiger partial charge in [-0.3, -0.25) is 0 Å². The molecule has 0 atom stereocenters. The molecule has 0 aliphatic carbocycles. The monoisotopic (exact) mass is 619 g/mol. The molecule has 220 valence electrons. The van der Waals surface area contributed by atoms with Gasteiger partial charge in [0.15, 0.2) is 17.5 Å². The summed E-state index contributed by atoms with van der Waals surface area (Å²) in [6.07, 6.45) is 0. The number of nitrogens with zero attached hydrogens (tertiary/aromatic N) is 5. The van der Waals surface area contributed by atoms with Gasteiger partial charge in [0.1, 0.15) is 10.3 Å². The van der Waals surface area contributed by atoms with Crippen molar-refractivity contribution < 1.29 is 0 Å². The first-order valence-electron chi connectivity index (χ1n) is 15.4. The fourth-order valence-corrected chi connectivity index (χ4v) is 7.03. The van der Waals surface area contributed by atoms with Crippen molar-refractivity contribution in [1.29, 1.82) is 0 Å². The van der Waals surface area contributed by atoms with Crippen molar-refractivity contribution in [3.63, 3.8) is 0 Å². The van der Waals surface area contributed by atoms with Crippen LogP contribution in [0.2, 0.25) is 0 Å². The molecule has 47 heavy (non-hydrogen) atoms. The average molecular weight is 620 g/mol. The molecule has 9 rings (SSSR count). The third kappa shape index (κ3) is 5.01. The number of para-hydroxylation sites is 1. The smallest absolute Gasteiger partial charge is 0.164 e. The number of fused-ring (bicyclic) bond motifs is 4. The highest BCUT2D eigenvalue weighted by Crippen LogP contribution is 2.36. The van der Waals surface area contributed by atoms with E-state index < -0.39 is 0 Å². The topological polar surface area (TPSA) is 64.5 Å². The molecule has 0 aliphatic rings. The van der Waals surface area contributed by atoms with Crippen LogP contribution in [0.15, 0.2) is 152 Å². The highest BCUT2D eigenvalue weighted by atomic mass is 32.1. The lowest BCUT2D eigenvalue weighted by Gasteiger charge is -2.11. The Morgan fingerprint density at radius 1 is 0.362 bits per heavy atom. The van der Waals surface area contributed by atoms with Crippen molar-refractivity contribution in [2.75, 3.05) is 0 Å². The lowest BCUT2D eigenvalue weighted by Crippen LogP contribution is -2.00. The molecule has 5 nitrogen and oxygen atoms in total. The Bertz CT molecular complexity index is 2560. The standard InChI is InChI=1S/C41H25N5S/c1-3-11-26(12-4-1)27-21-23-29(24-22-27)39-44-38(28-13-5-2-6-14-28)45-40(46-39)31-16-9-15-30(25-31)32-18-10-19-34-36(32)43-41-37(42-34)33-17-7-8-20-35(33)47-41/h1-25H. The zero-order chi connectivity index (χ0) is 31.2. The Morgan fingerprint density at radius 2 is 0.915 bits per heavy atom. The van der Waals surface area contributed by atoms with Crippen molar-refractivity contribution in [1.82, 2.24) is 24.9 Å². The van der Waals surface area contributed by atoms with Gasteiger partial charge >= 0.3 is 0 Å². The molecule has 0 saturated heterocycles. The molecule has 0 saturated carbocycles. The molecule has 9 aromatic rings. The van der Waals surface area contributed by atoms with Crippen LogP contribution in [0.25, 0.3) is 87.9 Å². The summed E-state index contributed by atoms with van der Waals surface area (Å²) >= 11 is 1.68. The van der Waals surface area contributed by atoms with Crippen LogP contribution in [0.5, 0.6) is 0 Å². The second kappa shape index (κ2) is 11.4. The van der Waals surface area contributed by atoms with Gasteiger partial charge in [0.2, 0.25) is 0 Å². The maximum atomic E-state index is 5.14. The molecule has 0 bridgehead atoms. The van der Waals surface area contributed by atoms with Gasteiger partial charge in [-0.25, -0.2) is 24.9 Å². The van der Waals surface area contributed by atoms with E-state index in [0.717, 1.165) is 60.1 Å². The van der Waals surface area contributed by atoms with E-state index in [1.165, 1.54) is 10.3 Å². The van der Waals surface area contributed by atoms with Crippen molar-refractivity contribution >= 4 is 42.8 Å². The molecule has 6 heteroatoms. The second-order valence-electron chi connectivity index (χ2n) is 11.3. The Labute approximate surface area is 275 Å². The quantitative estimate of drug-likeness (QED) is 0.192. The van der Waals surface area contributed by atoms with Gasteiger partial charge in [-0.15, -0.1) is 11.3 Å². The molecule has 3 aromatic heterocycles. The van der Waals surface area contributed by atoms with Gasteiger partial charge in [0, 0.05) is 32.3 Å². The van der Waals surface area contributed by atoms with Crippen LogP contribution >= 0.6 is 11.3 Å². The zero-order valence-corrected chi connectivity index (χ0v) is 25.9. The van der Waals surface area contributed by atoms with Crippen molar-refractivity contribution in [3.05, 3.63) is 152 Å². The minimum atomic E-state index is 0.612. The summed E-state index contributed by atoms with van der Waals surface area (Å²) in [7, 11) is 0. The van der Waals surface area contributed by atoms with Gasteiger partial charge in [0.25, 0.3) is 0 Å². The van der Waals surface area contributed by atoms with Crippen molar-refractivity contribution in [2.45, 2.75) is 0 Å². The van der Waals surface area contributed by atoms with Crippen LogP contribution in [0.4, 0.5) is 0 Å². The van der Waals surface area contributed by atoms with Crippen LogP contribution < -0.4 is 0 Å². The van der Waals surface area contributed by atoms with Crippen LogP contribution in [0.3, 0.4) is 0 Å². The summed E-state index contributed by atoms with van der Waals surface area (Å²) in [5, 5.41) is 1.14. The lowest BCUT2D eigenvalue weighted by molar-refractivity contribution is 1.07. The molecule has 0 spiro atoms. The van der Waals surface area contributed by atoms with Gasteiger partial charge < -0.3 is 0 Å². The first kappa shape index (κ1) is 27.2. The summed E-state index contributed by atoms with van der Waals surface area (Å²) in [5.41, 5.74) is 9.83. The molecule has 0 N–H and O–H groups in total. The summed E-state index contributed by atoms with van der Waals surface area (Å²) in [6.45, 7) is 0. The minimum absolute atomic E-state index is 0.612. The number of hydrogen-bond acceptors (Lipinski definition) is 6. The first-order valence-corrected chi connectivity index (χ1v) is 16.2. The molecule has 0 amide bonds. The summed E-state index contributed by atoms with van der Waals surface area (Å²) < 4.78 is 1.19. The molecule has 0 radical (unpaired) electrons. The van der Waals surface area contributed by atoms with Gasteiger partial charge in [-0.1, -0.05) is 133 Å². The predicted octanol–water partition coefficient (Wildman–Crippen LogP) is 10.5. The fourth-order valence-electron chi connectivity index (χ4n) is 6.02. The minimum Gasteiger partial charge on any atom is -0.243 e. The van der Waals surface area contributed by atoms with E-state index in [1.54, 1.807) is 11.3 Å². The molecular weight excluding hydrogens is 595 g/mol.